The Bertz CT molecular complexity index is 512. The highest BCUT2D eigenvalue weighted by Crippen LogP contribution is 2.25. The van der Waals surface area contributed by atoms with Crippen LogP contribution in [0.2, 0.25) is 0 Å². The molecule has 0 N–H and O–H groups in total. The Balaban J connectivity index is 2.21. The molecule has 1 saturated heterocycles. The molecule has 4 nitrogen and oxygen atoms in total. The number of carbonyl (C=O) groups excluding carboxylic acids is 2. The molecule has 2 rings (SSSR count). The summed E-state index contributed by atoms with van der Waals surface area (Å²) in [5, 5.41) is 0. The Hall–Kier alpha value is -1.78. The van der Waals surface area contributed by atoms with Crippen molar-refractivity contribution in [2.75, 3.05) is 6.61 Å². The van der Waals surface area contributed by atoms with E-state index >= 15 is 0 Å². The molecule has 0 aromatic heterocycles. The Labute approximate surface area is 120 Å². The van der Waals surface area contributed by atoms with Crippen LogP contribution < -0.4 is 5.46 Å². The van der Waals surface area contributed by atoms with Crippen molar-refractivity contribution in [2.24, 2.45) is 5.92 Å². The van der Waals surface area contributed by atoms with Gasteiger partial charge in [-0.05, 0) is 18.4 Å². The van der Waals surface area contributed by atoms with Gasteiger partial charge in [0.2, 0.25) is 5.91 Å². The molecule has 0 bridgehead atoms. The van der Waals surface area contributed by atoms with Gasteiger partial charge in [-0.2, -0.15) is 0 Å². The third kappa shape index (κ3) is 2.71. The van der Waals surface area contributed by atoms with Gasteiger partial charge >= 0.3 is 6.09 Å². The van der Waals surface area contributed by atoms with Crippen molar-refractivity contribution < 1.29 is 14.3 Å². The minimum atomic E-state index is -0.521. The molecule has 1 heterocycles. The molecule has 106 valence electrons. The van der Waals surface area contributed by atoms with Crippen LogP contribution in [0.25, 0.3) is 0 Å². The summed E-state index contributed by atoms with van der Waals surface area (Å²) in [5.41, 5.74) is 2.07. The van der Waals surface area contributed by atoms with Crippen LogP contribution in [0.5, 0.6) is 0 Å². The fourth-order valence-corrected chi connectivity index (χ4v) is 2.39. The standard InChI is InChI=1S/C15H20BNO3/c1-9(2)13-8-20-15(19)17(13)14(18)10(3)11-4-6-12(16)7-5-11/h4-7,9-10,13H,8,16H2,1-3H3/t10-,13+/m0/s1. The van der Waals surface area contributed by atoms with E-state index < -0.39 is 6.09 Å². The second kappa shape index (κ2) is 5.69. The first-order valence-electron chi connectivity index (χ1n) is 6.98. The summed E-state index contributed by atoms with van der Waals surface area (Å²) in [6.45, 7) is 6.10. The highest BCUT2D eigenvalue weighted by molar-refractivity contribution is 6.32. The highest BCUT2D eigenvalue weighted by atomic mass is 16.6. The molecule has 1 aliphatic heterocycles. The molecule has 2 atom stereocenters. The van der Waals surface area contributed by atoms with Gasteiger partial charge in [0.15, 0.2) is 0 Å². The van der Waals surface area contributed by atoms with Gasteiger partial charge in [0, 0.05) is 0 Å². The maximum Gasteiger partial charge on any atom is 0.417 e. The molecule has 20 heavy (non-hydrogen) atoms. The van der Waals surface area contributed by atoms with Crippen LogP contribution in [-0.2, 0) is 9.53 Å². The number of ether oxygens (including phenoxy) is 1. The smallest absolute Gasteiger partial charge is 0.417 e. The van der Waals surface area contributed by atoms with E-state index in [1.807, 2.05) is 52.9 Å². The van der Waals surface area contributed by atoms with Crippen LogP contribution in [0.4, 0.5) is 4.79 Å². The fourth-order valence-electron chi connectivity index (χ4n) is 2.39. The number of amides is 2. The van der Waals surface area contributed by atoms with Crippen LogP contribution in [0.1, 0.15) is 32.3 Å². The lowest BCUT2D eigenvalue weighted by molar-refractivity contribution is -0.131. The number of hydrogen-bond donors (Lipinski definition) is 0. The Kier molecular flexibility index (Phi) is 4.16. The van der Waals surface area contributed by atoms with Gasteiger partial charge in [-0.25, -0.2) is 9.69 Å². The molecule has 0 aliphatic carbocycles. The average molecular weight is 273 g/mol. The number of imide groups is 1. The van der Waals surface area contributed by atoms with Gasteiger partial charge < -0.3 is 4.74 Å². The predicted molar refractivity (Wildman–Crippen MR) is 79.9 cm³/mol. The lowest BCUT2D eigenvalue weighted by Gasteiger charge is -2.25. The highest BCUT2D eigenvalue weighted by Gasteiger charge is 2.41. The number of hydrogen-bond acceptors (Lipinski definition) is 3. The van der Waals surface area contributed by atoms with Gasteiger partial charge in [0.1, 0.15) is 14.5 Å². The predicted octanol–water partition coefficient (Wildman–Crippen LogP) is 1.05. The fraction of sp³-hybridized carbons (Fsp3) is 0.467. The van der Waals surface area contributed by atoms with E-state index in [1.165, 1.54) is 4.90 Å². The molecule has 0 saturated carbocycles. The van der Waals surface area contributed by atoms with Crippen LogP contribution in [0.3, 0.4) is 0 Å². The molecule has 1 aromatic carbocycles. The number of benzene rings is 1. The number of nitrogens with zero attached hydrogens (tertiary/aromatic N) is 1. The maximum absolute atomic E-state index is 12.6. The Morgan fingerprint density at radius 3 is 2.45 bits per heavy atom. The van der Waals surface area contributed by atoms with Gasteiger partial charge in [0.25, 0.3) is 0 Å². The molecular formula is C15H20BNO3. The summed E-state index contributed by atoms with van der Waals surface area (Å²) in [7, 11) is 2.00. The van der Waals surface area contributed by atoms with E-state index in [2.05, 4.69) is 0 Å². The SMILES string of the molecule is Bc1ccc([C@H](C)C(=O)N2C(=O)OC[C@@H]2C(C)C)cc1. The van der Waals surface area contributed by atoms with E-state index in [1.54, 1.807) is 0 Å². The van der Waals surface area contributed by atoms with Crippen molar-refractivity contribution in [3.8, 4) is 0 Å². The summed E-state index contributed by atoms with van der Waals surface area (Å²) in [4.78, 5) is 25.7. The third-order valence-corrected chi connectivity index (χ3v) is 3.86. The Morgan fingerprint density at radius 1 is 1.30 bits per heavy atom. The zero-order valence-corrected chi connectivity index (χ0v) is 12.4. The molecule has 5 heteroatoms. The van der Waals surface area contributed by atoms with Crippen molar-refractivity contribution >= 4 is 25.3 Å². The summed E-state index contributed by atoms with van der Waals surface area (Å²) in [6, 6.07) is 7.65. The van der Waals surface area contributed by atoms with Gasteiger partial charge in [-0.15, -0.1) is 0 Å². The first-order chi connectivity index (χ1) is 9.41. The number of rotatable bonds is 3. The average Bonchev–Trinajstić information content (AvgIpc) is 2.80. The van der Waals surface area contributed by atoms with Crippen molar-refractivity contribution in [1.29, 1.82) is 0 Å². The first kappa shape index (κ1) is 14.6. The van der Waals surface area contributed by atoms with E-state index in [4.69, 9.17) is 4.74 Å². The summed E-state index contributed by atoms with van der Waals surface area (Å²) < 4.78 is 5.03. The summed E-state index contributed by atoms with van der Waals surface area (Å²) in [5.74, 6) is -0.340. The molecule has 1 fully saturated rings. The topological polar surface area (TPSA) is 46.6 Å². The van der Waals surface area contributed by atoms with E-state index in [0.29, 0.717) is 6.61 Å². The van der Waals surface area contributed by atoms with Gasteiger partial charge in [0.05, 0.1) is 12.0 Å². The summed E-state index contributed by atoms with van der Waals surface area (Å²) >= 11 is 0. The van der Waals surface area contributed by atoms with E-state index in [9.17, 15) is 9.59 Å². The lowest BCUT2D eigenvalue weighted by Crippen LogP contribution is -2.43. The van der Waals surface area contributed by atoms with Crippen LogP contribution in [0, 0.1) is 5.92 Å². The molecular weight excluding hydrogens is 253 g/mol. The van der Waals surface area contributed by atoms with Crippen molar-refractivity contribution in [3.05, 3.63) is 29.8 Å². The van der Waals surface area contributed by atoms with E-state index in [0.717, 1.165) is 11.0 Å². The first-order valence-corrected chi connectivity index (χ1v) is 6.98. The zero-order valence-electron chi connectivity index (χ0n) is 12.4. The maximum atomic E-state index is 12.6. The normalized spacial score (nSPS) is 20.1. The molecule has 0 unspecified atom stereocenters. The van der Waals surface area contributed by atoms with Crippen LogP contribution in [-0.4, -0.2) is 37.4 Å². The minimum Gasteiger partial charge on any atom is -0.447 e. The minimum absolute atomic E-state index is 0.164. The van der Waals surface area contributed by atoms with E-state index in [-0.39, 0.29) is 23.8 Å². The van der Waals surface area contributed by atoms with Crippen molar-refractivity contribution in [1.82, 2.24) is 4.90 Å². The van der Waals surface area contributed by atoms with Crippen molar-refractivity contribution in [3.63, 3.8) is 0 Å². The van der Waals surface area contributed by atoms with Gasteiger partial charge in [-0.1, -0.05) is 43.6 Å². The molecule has 0 radical (unpaired) electrons. The quantitative estimate of drug-likeness (QED) is 0.773. The lowest BCUT2D eigenvalue weighted by atomic mass is 9.91. The van der Waals surface area contributed by atoms with Crippen LogP contribution in [0.15, 0.2) is 24.3 Å². The molecule has 2 amide bonds. The van der Waals surface area contributed by atoms with Gasteiger partial charge in [-0.3, -0.25) is 4.79 Å². The largest absolute Gasteiger partial charge is 0.447 e. The molecule has 0 spiro atoms. The zero-order chi connectivity index (χ0) is 14.9. The number of carbonyl (C=O) groups is 2. The monoisotopic (exact) mass is 273 g/mol. The second-order valence-corrected chi connectivity index (χ2v) is 5.73. The van der Waals surface area contributed by atoms with Crippen LogP contribution >= 0.6 is 0 Å². The van der Waals surface area contributed by atoms with Crippen molar-refractivity contribution in [2.45, 2.75) is 32.7 Å². The molecule has 1 aliphatic rings. The third-order valence-electron chi connectivity index (χ3n) is 3.86. The number of cyclic esters (lactones) is 1. The molecule has 1 aromatic rings. The Morgan fingerprint density at radius 2 is 1.90 bits per heavy atom. The second-order valence-electron chi connectivity index (χ2n) is 5.73. The summed E-state index contributed by atoms with van der Waals surface area (Å²) in [6.07, 6.45) is -0.521.